The summed E-state index contributed by atoms with van der Waals surface area (Å²) in [6, 6.07) is 9.88. The molecule has 0 unspecified atom stereocenters. The number of anilines is 1. The first-order valence-corrected chi connectivity index (χ1v) is 5.67. The van der Waals surface area contributed by atoms with Crippen molar-refractivity contribution in [2.75, 3.05) is 5.32 Å². The number of benzene rings is 1. The average Bonchev–Trinajstić information content (AvgIpc) is 2.82. The van der Waals surface area contributed by atoms with Crippen LogP contribution < -0.4 is 5.32 Å². The second-order valence-corrected chi connectivity index (χ2v) is 4.74. The minimum Gasteiger partial charge on any atom is -0.291 e. The Morgan fingerprint density at radius 3 is 2.67 bits per heavy atom. The molecule has 0 aliphatic heterocycles. The van der Waals surface area contributed by atoms with Crippen molar-refractivity contribution in [3.8, 4) is 0 Å². The topological polar surface area (TPSA) is 83.6 Å². The molecule has 0 aliphatic carbocycles. The van der Waals surface area contributed by atoms with E-state index in [4.69, 9.17) is 0 Å². The van der Waals surface area contributed by atoms with Gasteiger partial charge in [0.15, 0.2) is 0 Å². The monoisotopic (exact) mass is 245 g/mol. The van der Waals surface area contributed by atoms with Gasteiger partial charge < -0.3 is 0 Å². The van der Waals surface area contributed by atoms with E-state index in [0.717, 1.165) is 5.56 Å². The predicted octanol–water partition coefficient (Wildman–Crippen LogP) is 1.41. The number of nitrogens with zero attached hydrogens (tertiary/aromatic N) is 3. The number of hydrogen-bond acceptors (Lipinski definition) is 4. The van der Waals surface area contributed by atoms with Gasteiger partial charge in [-0.25, -0.2) is 0 Å². The zero-order valence-electron chi connectivity index (χ0n) is 10.3. The molecule has 0 fully saturated rings. The van der Waals surface area contributed by atoms with E-state index in [1.165, 1.54) is 0 Å². The average molecular weight is 245 g/mol. The third kappa shape index (κ3) is 2.91. The highest BCUT2D eigenvalue weighted by Gasteiger charge is 2.28. The molecule has 6 nitrogen and oxygen atoms in total. The van der Waals surface area contributed by atoms with Gasteiger partial charge in [0.25, 0.3) is 5.95 Å². The van der Waals surface area contributed by atoms with Gasteiger partial charge in [-0.1, -0.05) is 49.3 Å². The molecule has 1 amide bonds. The smallest absolute Gasteiger partial charge is 0.269 e. The maximum Gasteiger partial charge on any atom is 0.269 e. The number of tetrazole rings is 1. The van der Waals surface area contributed by atoms with Crippen LogP contribution in [0.25, 0.3) is 0 Å². The second kappa shape index (κ2) is 4.95. The molecule has 18 heavy (non-hydrogen) atoms. The number of rotatable bonds is 4. The molecule has 0 radical (unpaired) electrons. The molecule has 0 saturated carbocycles. The van der Waals surface area contributed by atoms with Gasteiger partial charge in [0, 0.05) is 5.41 Å². The van der Waals surface area contributed by atoms with Gasteiger partial charge in [0.1, 0.15) is 0 Å². The van der Waals surface area contributed by atoms with Crippen LogP contribution in [0.2, 0.25) is 0 Å². The summed E-state index contributed by atoms with van der Waals surface area (Å²) in [4.78, 5) is 12.1. The summed E-state index contributed by atoms with van der Waals surface area (Å²) in [5.41, 5.74) is 0.577. The second-order valence-electron chi connectivity index (χ2n) is 4.74. The molecule has 2 N–H and O–H groups in total. The van der Waals surface area contributed by atoms with Crippen LogP contribution in [-0.4, -0.2) is 26.5 Å². The van der Waals surface area contributed by atoms with Gasteiger partial charge in [-0.05, 0) is 17.2 Å². The van der Waals surface area contributed by atoms with Gasteiger partial charge in [-0.3, -0.25) is 10.1 Å². The molecule has 0 atom stereocenters. The maximum absolute atomic E-state index is 12.1. The number of aromatic nitrogens is 4. The van der Waals surface area contributed by atoms with Crippen LogP contribution in [0.4, 0.5) is 5.95 Å². The van der Waals surface area contributed by atoms with Crippen LogP contribution in [-0.2, 0) is 11.2 Å². The Morgan fingerprint density at radius 2 is 2.06 bits per heavy atom. The lowest BCUT2D eigenvalue weighted by Crippen LogP contribution is -2.33. The normalized spacial score (nSPS) is 11.2. The molecule has 94 valence electrons. The number of carbonyl (C=O) groups excluding carboxylic acids is 1. The lowest BCUT2D eigenvalue weighted by atomic mass is 9.85. The van der Waals surface area contributed by atoms with Crippen molar-refractivity contribution in [2.24, 2.45) is 5.41 Å². The summed E-state index contributed by atoms with van der Waals surface area (Å²) in [7, 11) is 0. The highest BCUT2D eigenvalue weighted by atomic mass is 16.2. The molecule has 0 bridgehead atoms. The Hall–Kier alpha value is -2.24. The molecule has 6 heteroatoms. The third-order valence-corrected chi connectivity index (χ3v) is 2.67. The molecule has 2 aromatic rings. The van der Waals surface area contributed by atoms with Gasteiger partial charge in [0.2, 0.25) is 5.91 Å². The number of carbonyl (C=O) groups is 1. The minimum absolute atomic E-state index is 0.132. The number of nitrogens with one attached hydrogen (secondary N) is 2. The molecule has 1 aromatic carbocycles. The third-order valence-electron chi connectivity index (χ3n) is 2.67. The summed E-state index contributed by atoms with van der Waals surface area (Å²) >= 11 is 0. The highest BCUT2D eigenvalue weighted by molar-refractivity contribution is 5.93. The van der Waals surface area contributed by atoms with E-state index < -0.39 is 5.41 Å². The lowest BCUT2D eigenvalue weighted by molar-refractivity contribution is -0.124. The van der Waals surface area contributed by atoms with Crippen LogP contribution in [0.5, 0.6) is 0 Å². The van der Waals surface area contributed by atoms with Gasteiger partial charge in [-0.15, -0.1) is 5.10 Å². The quantitative estimate of drug-likeness (QED) is 0.853. The van der Waals surface area contributed by atoms with Crippen molar-refractivity contribution in [1.29, 1.82) is 0 Å². The number of amides is 1. The molecule has 0 saturated heterocycles. The Bertz CT molecular complexity index is 507. The fourth-order valence-electron chi connectivity index (χ4n) is 1.67. The first-order valence-electron chi connectivity index (χ1n) is 5.67. The Kier molecular flexibility index (Phi) is 3.36. The highest BCUT2D eigenvalue weighted by Crippen LogP contribution is 2.23. The van der Waals surface area contributed by atoms with E-state index in [2.05, 4.69) is 25.9 Å². The molecule has 1 aromatic heterocycles. The first kappa shape index (κ1) is 12.2. The molecule has 0 aliphatic rings. The van der Waals surface area contributed by atoms with E-state index in [-0.39, 0.29) is 11.9 Å². The molecule has 0 spiro atoms. The first-order chi connectivity index (χ1) is 8.58. The fraction of sp³-hybridized carbons (Fsp3) is 0.333. The van der Waals surface area contributed by atoms with Gasteiger partial charge >= 0.3 is 0 Å². The van der Waals surface area contributed by atoms with E-state index in [0.29, 0.717) is 6.42 Å². The lowest BCUT2D eigenvalue weighted by Gasteiger charge is -2.22. The zero-order chi connectivity index (χ0) is 13.0. The van der Waals surface area contributed by atoms with Crippen LogP contribution in [0.1, 0.15) is 19.4 Å². The Labute approximate surface area is 105 Å². The Balaban J connectivity index is 2.04. The standard InChI is InChI=1S/C12H15N5O/c1-12(2,8-9-6-4-3-5-7-9)10(18)13-11-14-16-17-15-11/h3-7H,8H2,1-2H3,(H2,13,14,15,16,17,18). The van der Waals surface area contributed by atoms with E-state index in [9.17, 15) is 4.79 Å². The Morgan fingerprint density at radius 1 is 1.33 bits per heavy atom. The molecular formula is C12H15N5O. The molecular weight excluding hydrogens is 230 g/mol. The number of aromatic amines is 1. The van der Waals surface area contributed by atoms with Crippen molar-refractivity contribution >= 4 is 11.9 Å². The van der Waals surface area contributed by atoms with Gasteiger partial charge in [0.05, 0.1) is 0 Å². The summed E-state index contributed by atoms with van der Waals surface area (Å²) < 4.78 is 0. The van der Waals surface area contributed by atoms with Crippen molar-refractivity contribution in [3.63, 3.8) is 0 Å². The zero-order valence-corrected chi connectivity index (χ0v) is 10.3. The van der Waals surface area contributed by atoms with Gasteiger partial charge in [-0.2, -0.15) is 5.21 Å². The molecule has 2 rings (SSSR count). The summed E-state index contributed by atoms with van der Waals surface area (Å²) in [6.07, 6.45) is 0.650. The maximum atomic E-state index is 12.1. The van der Waals surface area contributed by atoms with Crippen molar-refractivity contribution in [1.82, 2.24) is 20.6 Å². The van der Waals surface area contributed by atoms with E-state index >= 15 is 0 Å². The van der Waals surface area contributed by atoms with Crippen molar-refractivity contribution in [3.05, 3.63) is 35.9 Å². The van der Waals surface area contributed by atoms with Crippen molar-refractivity contribution < 1.29 is 4.79 Å². The number of hydrogen-bond donors (Lipinski definition) is 2. The van der Waals surface area contributed by atoms with Crippen molar-refractivity contribution in [2.45, 2.75) is 20.3 Å². The molecule has 1 heterocycles. The summed E-state index contributed by atoms with van der Waals surface area (Å²) in [5.74, 6) is 0.0638. The largest absolute Gasteiger partial charge is 0.291 e. The van der Waals surface area contributed by atoms with E-state index in [1.807, 2.05) is 44.2 Å². The SMILES string of the molecule is CC(C)(Cc1ccccc1)C(=O)Nc1nn[nH]n1. The number of H-pyrrole nitrogens is 1. The van der Waals surface area contributed by atoms with Crippen LogP contribution in [0.15, 0.2) is 30.3 Å². The van der Waals surface area contributed by atoms with Crippen LogP contribution >= 0.6 is 0 Å². The predicted molar refractivity (Wildman–Crippen MR) is 66.7 cm³/mol. The van der Waals surface area contributed by atoms with E-state index in [1.54, 1.807) is 0 Å². The van der Waals surface area contributed by atoms with Crippen LogP contribution in [0.3, 0.4) is 0 Å². The fourth-order valence-corrected chi connectivity index (χ4v) is 1.67. The summed E-state index contributed by atoms with van der Waals surface area (Å²) in [6.45, 7) is 3.77. The minimum atomic E-state index is -0.540. The summed E-state index contributed by atoms with van der Waals surface area (Å²) in [5, 5.41) is 15.7. The van der Waals surface area contributed by atoms with Crippen LogP contribution in [0, 0.1) is 5.41 Å².